The van der Waals surface area contributed by atoms with Crippen LogP contribution in [-0.4, -0.2) is 14.2 Å². The fourth-order valence-corrected chi connectivity index (χ4v) is 3.16. The number of ether oxygens (including phenoxy) is 2. The van der Waals surface area contributed by atoms with Gasteiger partial charge in [0, 0.05) is 17.6 Å². The molecule has 124 valence electrons. The molecule has 2 unspecified atom stereocenters. The molecule has 2 atom stereocenters. The smallest absolute Gasteiger partial charge is 0.121 e. The van der Waals surface area contributed by atoms with Crippen molar-refractivity contribution in [3.05, 3.63) is 57.6 Å². The van der Waals surface area contributed by atoms with Crippen LogP contribution in [0.4, 0.5) is 0 Å². The summed E-state index contributed by atoms with van der Waals surface area (Å²) < 4.78 is 10.3. The molecule has 0 saturated carbocycles. The maximum absolute atomic E-state index is 6.28. The monoisotopic (exact) mass is 354 g/mol. The lowest BCUT2D eigenvalue weighted by Crippen LogP contribution is -2.20. The SMILES string of the molecule is COc1ccc(C(N)CC(N)c2c(Cl)cc(OC)cc2Cl)cc1. The summed E-state index contributed by atoms with van der Waals surface area (Å²) in [5.74, 6) is 1.38. The molecule has 0 aliphatic heterocycles. The Morgan fingerprint density at radius 1 is 0.870 bits per heavy atom. The molecule has 0 saturated heterocycles. The van der Waals surface area contributed by atoms with Crippen LogP contribution in [0.25, 0.3) is 0 Å². The lowest BCUT2D eigenvalue weighted by atomic mass is 9.95. The summed E-state index contributed by atoms with van der Waals surface area (Å²) in [4.78, 5) is 0. The summed E-state index contributed by atoms with van der Waals surface area (Å²) in [6, 6.07) is 10.4. The zero-order valence-electron chi connectivity index (χ0n) is 13.1. The molecule has 0 aromatic heterocycles. The van der Waals surface area contributed by atoms with Gasteiger partial charge in [-0.3, -0.25) is 0 Å². The third-order valence-corrected chi connectivity index (χ3v) is 4.34. The topological polar surface area (TPSA) is 70.5 Å². The van der Waals surface area contributed by atoms with Crippen LogP contribution in [0, 0.1) is 0 Å². The van der Waals surface area contributed by atoms with E-state index < -0.39 is 0 Å². The normalized spacial score (nSPS) is 13.5. The first-order valence-electron chi connectivity index (χ1n) is 7.14. The Morgan fingerprint density at radius 2 is 1.39 bits per heavy atom. The van der Waals surface area contributed by atoms with E-state index in [9.17, 15) is 0 Å². The van der Waals surface area contributed by atoms with Crippen LogP contribution < -0.4 is 20.9 Å². The van der Waals surface area contributed by atoms with Gasteiger partial charge < -0.3 is 20.9 Å². The minimum absolute atomic E-state index is 0.231. The van der Waals surface area contributed by atoms with E-state index in [0.29, 0.717) is 27.8 Å². The molecule has 23 heavy (non-hydrogen) atoms. The van der Waals surface area contributed by atoms with Gasteiger partial charge in [-0.2, -0.15) is 0 Å². The minimum atomic E-state index is -0.377. The zero-order valence-corrected chi connectivity index (χ0v) is 14.6. The van der Waals surface area contributed by atoms with Gasteiger partial charge in [-0.1, -0.05) is 35.3 Å². The molecule has 2 rings (SSSR count). The third-order valence-electron chi connectivity index (χ3n) is 3.71. The van der Waals surface area contributed by atoms with Crippen molar-refractivity contribution >= 4 is 23.2 Å². The number of halogens is 2. The van der Waals surface area contributed by atoms with Gasteiger partial charge in [0.05, 0.1) is 24.3 Å². The van der Waals surface area contributed by atoms with Gasteiger partial charge in [0.25, 0.3) is 0 Å². The number of hydrogen-bond acceptors (Lipinski definition) is 4. The van der Waals surface area contributed by atoms with E-state index in [1.807, 2.05) is 24.3 Å². The van der Waals surface area contributed by atoms with Crippen LogP contribution in [0.5, 0.6) is 11.5 Å². The van der Waals surface area contributed by atoms with Gasteiger partial charge in [0.2, 0.25) is 0 Å². The van der Waals surface area contributed by atoms with Gasteiger partial charge in [0.15, 0.2) is 0 Å². The van der Waals surface area contributed by atoms with Crippen LogP contribution in [0.2, 0.25) is 10.0 Å². The molecule has 2 aromatic carbocycles. The molecule has 0 fully saturated rings. The number of benzene rings is 2. The number of hydrogen-bond donors (Lipinski definition) is 2. The summed E-state index contributed by atoms with van der Waals surface area (Å²) in [6.07, 6.45) is 0.512. The van der Waals surface area contributed by atoms with E-state index >= 15 is 0 Å². The third kappa shape index (κ3) is 4.30. The first-order valence-corrected chi connectivity index (χ1v) is 7.90. The second-order valence-electron chi connectivity index (χ2n) is 5.23. The van der Waals surface area contributed by atoms with Crippen molar-refractivity contribution in [1.82, 2.24) is 0 Å². The van der Waals surface area contributed by atoms with Crippen LogP contribution in [0.3, 0.4) is 0 Å². The second kappa shape index (κ2) is 7.88. The van der Waals surface area contributed by atoms with Crippen molar-refractivity contribution in [2.75, 3.05) is 14.2 Å². The van der Waals surface area contributed by atoms with Gasteiger partial charge in [-0.25, -0.2) is 0 Å². The molecule has 0 heterocycles. The average Bonchev–Trinajstić information content (AvgIpc) is 2.54. The minimum Gasteiger partial charge on any atom is -0.497 e. The van der Waals surface area contributed by atoms with Crippen molar-refractivity contribution in [1.29, 1.82) is 0 Å². The summed E-state index contributed by atoms with van der Waals surface area (Å²) >= 11 is 12.6. The highest BCUT2D eigenvalue weighted by Gasteiger charge is 2.19. The molecular formula is C17H20Cl2N2O2. The number of nitrogens with two attached hydrogens (primary N) is 2. The molecular weight excluding hydrogens is 335 g/mol. The molecule has 0 bridgehead atoms. The summed E-state index contributed by atoms with van der Waals surface area (Å²) in [5, 5.41) is 0.951. The highest BCUT2D eigenvalue weighted by molar-refractivity contribution is 6.36. The maximum Gasteiger partial charge on any atom is 0.121 e. The predicted octanol–water partition coefficient (Wildman–Crippen LogP) is 4.10. The fourth-order valence-electron chi connectivity index (χ4n) is 2.41. The van der Waals surface area contributed by atoms with Crippen LogP contribution in [-0.2, 0) is 0 Å². The number of methoxy groups -OCH3 is 2. The Labute approximate surface area is 146 Å². The van der Waals surface area contributed by atoms with Crippen molar-refractivity contribution < 1.29 is 9.47 Å². The summed E-state index contributed by atoms with van der Waals surface area (Å²) in [6.45, 7) is 0. The molecule has 6 heteroatoms. The van der Waals surface area contributed by atoms with E-state index in [1.54, 1.807) is 26.4 Å². The highest BCUT2D eigenvalue weighted by atomic mass is 35.5. The molecule has 0 radical (unpaired) electrons. The van der Waals surface area contributed by atoms with E-state index in [1.165, 1.54) is 0 Å². The van der Waals surface area contributed by atoms with Crippen molar-refractivity contribution in [3.8, 4) is 11.5 Å². The molecule has 4 nitrogen and oxygen atoms in total. The largest absolute Gasteiger partial charge is 0.497 e. The van der Waals surface area contributed by atoms with Crippen molar-refractivity contribution in [2.45, 2.75) is 18.5 Å². The van der Waals surface area contributed by atoms with Gasteiger partial charge in [-0.15, -0.1) is 0 Å². The Balaban J connectivity index is 2.16. The van der Waals surface area contributed by atoms with Crippen molar-refractivity contribution in [3.63, 3.8) is 0 Å². The summed E-state index contributed by atoms with van der Waals surface area (Å²) in [7, 11) is 3.18. The molecule has 0 spiro atoms. The predicted molar refractivity (Wildman–Crippen MR) is 94.5 cm³/mol. The van der Waals surface area contributed by atoms with Crippen LogP contribution in [0.15, 0.2) is 36.4 Å². The lowest BCUT2D eigenvalue weighted by molar-refractivity contribution is 0.414. The first-order chi connectivity index (χ1) is 11.0. The molecule has 2 aromatic rings. The van der Waals surface area contributed by atoms with E-state index in [4.69, 9.17) is 44.1 Å². The van der Waals surface area contributed by atoms with Crippen LogP contribution in [0.1, 0.15) is 29.6 Å². The summed E-state index contributed by atoms with van der Waals surface area (Å²) in [5.41, 5.74) is 14.2. The second-order valence-corrected chi connectivity index (χ2v) is 6.04. The maximum atomic E-state index is 6.28. The van der Waals surface area contributed by atoms with Crippen LogP contribution >= 0.6 is 23.2 Å². The molecule has 4 N–H and O–H groups in total. The Morgan fingerprint density at radius 3 is 1.87 bits per heavy atom. The van der Waals surface area contributed by atoms with E-state index in [2.05, 4.69) is 0 Å². The van der Waals surface area contributed by atoms with E-state index in [0.717, 1.165) is 11.3 Å². The van der Waals surface area contributed by atoms with Gasteiger partial charge in [0.1, 0.15) is 11.5 Å². The molecule has 0 aliphatic carbocycles. The van der Waals surface area contributed by atoms with Gasteiger partial charge in [-0.05, 0) is 36.2 Å². The molecule has 0 aliphatic rings. The quantitative estimate of drug-likeness (QED) is 0.818. The first kappa shape index (κ1) is 17.9. The Kier molecular flexibility index (Phi) is 6.13. The van der Waals surface area contributed by atoms with E-state index in [-0.39, 0.29) is 12.1 Å². The Bertz CT molecular complexity index is 639. The zero-order chi connectivity index (χ0) is 17.0. The molecule has 0 amide bonds. The fraction of sp³-hybridized carbons (Fsp3) is 0.294. The Hall–Kier alpha value is -1.46. The highest BCUT2D eigenvalue weighted by Crippen LogP contribution is 2.36. The van der Waals surface area contributed by atoms with Gasteiger partial charge >= 0.3 is 0 Å². The number of rotatable bonds is 6. The standard InChI is InChI=1S/C17H20Cl2N2O2/c1-22-11-5-3-10(4-6-11)15(20)9-16(21)17-13(18)7-12(23-2)8-14(17)19/h3-8,15-16H,9,20-21H2,1-2H3. The van der Waals surface area contributed by atoms with Crippen molar-refractivity contribution in [2.24, 2.45) is 11.5 Å². The average molecular weight is 355 g/mol. The lowest BCUT2D eigenvalue weighted by Gasteiger charge is -2.20.